The molecule has 0 spiro atoms. The Hall–Kier alpha value is -1.82. The van der Waals surface area contributed by atoms with Crippen LogP contribution in [0.5, 0.6) is 0 Å². The van der Waals surface area contributed by atoms with Crippen molar-refractivity contribution in [2.75, 3.05) is 20.6 Å². The summed E-state index contributed by atoms with van der Waals surface area (Å²) >= 11 is 1.35. The minimum Gasteiger partial charge on any atom is -0.357 e. The van der Waals surface area contributed by atoms with Gasteiger partial charge in [0.1, 0.15) is 5.25 Å². The van der Waals surface area contributed by atoms with Crippen molar-refractivity contribution in [1.82, 2.24) is 10.2 Å². The molecule has 0 radical (unpaired) electrons. The van der Waals surface area contributed by atoms with Gasteiger partial charge in [-0.25, -0.2) is 0 Å². The lowest BCUT2D eigenvalue weighted by atomic mass is 10.1. The molecule has 1 unspecified atom stereocenters. The van der Waals surface area contributed by atoms with Crippen LogP contribution in [-0.2, 0) is 16.0 Å². The number of hydrogen-bond acceptors (Lipinski definition) is 4. The van der Waals surface area contributed by atoms with Gasteiger partial charge in [0.25, 0.3) is 5.91 Å². The van der Waals surface area contributed by atoms with Crippen LogP contribution in [0.2, 0.25) is 0 Å². The van der Waals surface area contributed by atoms with Gasteiger partial charge in [-0.2, -0.15) is 4.99 Å². The Bertz CT molecular complexity index is 543. The van der Waals surface area contributed by atoms with E-state index in [1.807, 2.05) is 44.4 Å². The van der Waals surface area contributed by atoms with Crippen LogP contribution in [0.25, 0.3) is 0 Å². The molecule has 0 saturated carbocycles. The van der Waals surface area contributed by atoms with Gasteiger partial charge in [0.15, 0.2) is 5.17 Å². The summed E-state index contributed by atoms with van der Waals surface area (Å²) < 4.78 is 0. The molecule has 1 aliphatic heterocycles. The third-order valence-corrected chi connectivity index (χ3v) is 4.38. The SMILES string of the molecule is CN(C)C1=NC(=O)C(CC(=O)NCCc2ccccc2)S1. The highest BCUT2D eigenvalue weighted by Gasteiger charge is 2.31. The van der Waals surface area contributed by atoms with E-state index in [0.29, 0.717) is 11.7 Å². The van der Waals surface area contributed by atoms with Gasteiger partial charge in [-0.1, -0.05) is 42.1 Å². The zero-order valence-corrected chi connectivity index (χ0v) is 13.0. The molecule has 1 atom stereocenters. The maximum Gasteiger partial charge on any atom is 0.262 e. The van der Waals surface area contributed by atoms with Gasteiger partial charge in [-0.05, 0) is 12.0 Å². The number of nitrogens with one attached hydrogen (secondary N) is 1. The summed E-state index contributed by atoms with van der Waals surface area (Å²) in [4.78, 5) is 29.3. The monoisotopic (exact) mass is 305 g/mol. The van der Waals surface area contributed by atoms with Crippen molar-refractivity contribution in [1.29, 1.82) is 0 Å². The molecule has 21 heavy (non-hydrogen) atoms. The Labute approximate surface area is 128 Å². The summed E-state index contributed by atoms with van der Waals surface area (Å²) in [5, 5.41) is 3.13. The van der Waals surface area contributed by atoms with E-state index in [-0.39, 0.29) is 23.5 Å². The summed E-state index contributed by atoms with van der Waals surface area (Å²) in [6, 6.07) is 9.98. The van der Waals surface area contributed by atoms with Gasteiger partial charge in [0, 0.05) is 27.1 Å². The van der Waals surface area contributed by atoms with Crippen molar-refractivity contribution in [2.24, 2.45) is 4.99 Å². The highest BCUT2D eigenvalue weighted by molar-refractivity contribution is 8.15. The van der Waals surface area contributed by atoms with Crippen molar-refractivity contribution in [3.05, 3.63) is 35.9 Å². The molecule has 2 amide bonds. The van der Waals surface area contributed by atoms with Gasteiger partial charge >= 0.3 is 0 Å². The highest BCUT2D eigenvalue weighted by atomic mass is 32.2. The first-order chi connectivity index (χ1) is 10.1. The summed E-state index contributed by atoms with van der Waals surface area (Å²) in [6.45, 7) is 0.579. The molecule has 5 nitrogen and oxygen atoms in total. The lowest BCUT2D eigenvalue weighted by Gasteiger charge is -2.11. The lowest BCUT2D eigenvalue weighted by molar-refractivity contribution is -0.124. The number of hydrogen-bond donors (Lipinski definition) is 1. The van der Waals surface area contributed by atoms with Crippen molar-refractivity contribution < 1.29 is 9.59 Å². The molecule has 1 aliphatic rings. The predicted octanol–water partition coefficient (Wildman–Crippen LogP) is 1.30. The van der Waals surface area contributed by atoms with E-state index in [4.69, 9.17) is 0 Å². The fourth-order valence-corrected chi connectivity index (χ4v) is 2.93. The second-order valence-electron chi connectivity index (χ2n) is 5.02. The first-order valence-corrected chi connectivity index (χ1v) is 7.71. The van der Waals surface area contributed by atoms with Crippen LogP contribution in [0, 0.1) is 0 Å². The summed E-state index contributed by atoms with van der Waals surface area (Å²) in [7, 11) is 3.67. The lowest BCUT2D eigenvalue weighted by Crippen LogP contribution is -2.30. The van der Waals surface area contributed by atoms with E-state index in [2.05, 4.69) is 10.3 Å². The van der Waals surface area contributed by atoms with Crippen LogP contribution >= 0.6 is 11.8 Å². The Balaban J connectivity index is 1.72. The number of amidine groups is 1. The van der Waals surface area contributed by atoms with Crippen molar-refractivity contribution in [2.45, 2.75) is 18.1 Å². The van der Waals surface area contributed by atoms with Gasteiger partial charge in [-0.3, -0.25) is 9.59 Å². The average Bonchev–Trinajstić information content (AvgIpc) is 2.81. The van der Waals surface area contributed by atoms with Crippen LogP contribution in [0.3, 0.4) is 0 Å². The third kappa shape index (κ3) is 4.60. The fourth-order valence-electron chi connectivity index (χ4n) is 1.94. The zero-order valence-electron chi connectivity index (χ0n) is 12.2. The number of rotatable bonds is 5. The molecule has 1 heterocycles. The number of benzene rings is 1. The first kappa shape index (κ1) is 15.6. The van der Waals surface area contributed by atoms with E-state index in [1.165, 1.54) is 17.3 Å². The predicted molar refractivity (Wildman–Crippen MR) is 85.3 cm³/mol. The first-order valence-electron chi connectivity index (χ1n) is 6.83. The fraction of sp³-hybridized carbons (Fsp3) is 0.400. The van der Waals surface area contributed by atoms with Gasteiger partial charge in [0.2, 0.25) is 5.91 Å². The van der Waals surface area contributed by atoms with Crippen molar-refractivity contribution in [3.63, 3.8) is 0 Å². The molecule has 1 N–H and O–H groups in total. The number of thioether (sulfide) groups is 1. The molecule has 6 heteroatoms. The number of amides is 2. The Kier molecular flexibility index (Phi) is 5.38. The van der Waals surface area contributed by atoms with E-state index < -0.39 is 0 Å². The number of aliphatic imine (C=N–C) groups is 1. The van der Waals surface area contributed by atoms with Crippen LogP contribution in [-0.4, -0.2) is 47.8 Å². The molecule has 0 bridgehead atoms. The van der Waals surface area contributed by atoms with E-state index in [9.17, 15) is 9.59 Å². The second kappa shape index (κ2) is 7.26. The summed E-state index contributed by atoms with van der Waals surface area (Å²) in [6.07, 6.45) is 0.969. The second-order valence-corrected chi connectivity index (χ2v) is 6.19. The standard InChI is InChI=1S/C15H19N3O2S/c1-18(2)15-17-14(20)12(21-15)10-13(19)16-9-8-11-6-4-3-5-7-11/h3-7,12H,8-10H2,1-2H3,(H,16,19). The van der Waals surface area contributed by atoms with Gasteiger partial charge in [0.05, 0.1) is 0 Å². The molecule has 0 aliphatic carbocycles. The van der Waals surface area contributed by atoms with E-state index in [1.54, 1.807) is 4.90 Å². The van der Waals surface area contributed by atoms with Crippen molar-refractivity contribution >= 4 is 28.7 Å². The molecular formula is C15H19N3O2S. The van der Waals surface area contributed by atoms with Gasteiger partial charge in [-0.15, -0.1) is 0 Å². The van der Waals surface area contributed by atoms with Gasteiger partial charge < -0.3 is 10.2 Å². The number of carbonyl (C=O) groups excluding carboxylic acids is 2. The molecule has 1 aromatic rings. The molecule has 112 valence electrons. The smallest absolute Gasteiger partial charge is 0.262 e. The van der Waals surface area contributed by atoms with Crippen LogP contribution in [0.1, 0.15) is 12.0 Å². The average molecular weight is 305 g/mol. The van der Waals surface area contributed by atoms with E-state index >= 15 is 0 Å². The van der Waals surface area contributed by atoms with Crippen LogP contribution in [0.4, 0.5) is 0 Å². The molecule has 0 fully saturated rings. The maximum atomic E-state index is 11.9. The van der Waals surface area contributed by atoms with Crippen molar-refractivity contribution in [3.8, 4) is 0 Å². The minimum atomic E-state index is -0.390. The molecule has 0 saturated heterocycles. The largest absolute Gasteiger partial charge is 0.357 e. The van der Waals surface area contributed by atoms with Crippen LogP contribution < -0.4 is 5.32 Å². The Morgan fingerprint density at radius 2 is 2.05 bits per heavy atom. The minimum absolute atomic E-state index is 0.105. The molecule has 0 aromatic heterocycles. The summed E-state index contributed by atoms with van der Waals surface area (Å²) in [5.41, 5.74) is 1.18. The molecule has 1 aromatic carbocycles. The van der Waals surface area contributed by atoms with E-state index in [0.717, 1.165) is 6.42 Å². The molecule has 2 rings (SSSR count). The quantitative estimate of drug-likeness (QED) is 0.890. The zero-order chi connectivity index (χ0) is 15.2. The Morgan fingerprint density at radius 3 is 2.67 bits per heavy atom. The summed E-state index contributed by atoms with van der Waals surface area (Å²) in [5.74, 6) is -0.325. The molecular weight excluding hydrogens is 286 g/mol. The maximum absolute atomic E-state index is 11.9. The normalized spacial score (nSPS) is 17.5. The number of nitrogens with zero attached hydrogens (tertiary/aromatic N) is 2. The third-order valence-electron chi connectivity index (χ3n) is 3.06. The topological polar surface area (TPSA) is 61.8 Å². The van der Waals surface area contributed by atoms with Crippen LogP contribution in [0.15, 0.2) is 35.3 Å². The highest BCUT2D eigenvalue weighted by Crippen LogP contribution is 2.25. The number of carbonyl (C=O) groups is 2. The Morgan fingerprint density at radius 1 is 1.33 bits per heavy atom.